The van der Waals surface area contributed by atoms with Gasteiger partial charge >= 0.3 is 0 Å². The number of aryl methyl sites for hydroxylation is 1. The average Bonchev–Trinajstić information content (AvgIpc) is 3.03. The molecule has 0 saturated carbocycles. The lowest BCUT2D eigenvalue weighted by molar-refractivity contribution is 0.00682. The standard InChI is InChI=1S/C15H28N4O/c1-12(5-7-19-11-16-10-18-19)17-9-13-6-8-20-14(13)15(2,3)4/h10-14,17H,5-9H2,1-4H3/t12-,13+,14-/m0/s1. The van der Waals surface area contributed by atoms with Crippen LogP contribution in [-0.2, 0) is 11.3 Å². The van der Waals surface area contributed by atoms with E-state index in [1.165, 1.54) is 6.42 Å². The molecule has 20 heavy (non-hydrogen) atoms. The molecule has 1 N–H and O–H groups in total. The van der Waals surface area contributed by atoms with Crippen LogP contribution in [0.4, 0.5) is 0 Å². The molecule has 0 aliphatic carbocycles. The van der Waals surface area contributed by atoms with E-state index in [4.69, 9.17) is 4.74 Å². The topological polar surface area (TPSA) is 52.0 Å². The molecule has 5 heteroatoms. The van der Waals surface area contributed by atoms with Crippen LogP contribution in [0.2, 0.25) is 0 Å². The van der Waals surface area contributed by atoms with Crippen molar-refractivity contribution < 1.29 is 4.74 Å². The Morgan fingerprint density at radius 3 is 2.90 bits per heavy atom. The first kappa shape index (κ1) is 15.4. The molecule has 2 rings (SSSR count). The molecule has 0 bridgehead atoms. The molecular formula is C15H28N4O. The first-order valence-corrected chi connectivity index (χ1v) is 7.64. The lowest BCUT2D eigenvalue weighted by Gasteiger charge is -2.31. The normalized spacial score (nSPS) is 25.0. The second-order valence-corrected chi connectivity index (χ2v) is 6.96. The predicted molar refractivity (Wildman–Crippen MR) is 79.4 cm³/mol. The van der Waals surface area contributed by atoms with E-state index in [0.29, 0.717) is 18.1 Å². The van der Waals surface area contributed by atoms with E-state index < -0.39 is 0 Å². The first-order chi connectivity index (χ1) is 9.47. The average molecular weight is 280 g/mol. The van der Waals surface area contributed by atoms with Gasteiger partial charge < -0.3 is 10.1 Å². The molecule has 1 saturated heterocycles. The minimum absolute atomic E-state index is 0.229. The Hall–Kier alpha value is -0.940. The van der Waals surface area contributed by atoms with Crippen LogP contribution < -0.4 is 5.32 Å². The molecule has 3 atom stereocenters. The molecule has 2 heterocycles. The van der Waals surface area contributed by atoms with Gasteiger partial charge in [-0.1, -0.05) is 20.8 Å². The van der Waals surface area contributed by atoms with E-state index in [9.17, 15) is 0 Å². The van der Waals surface area contributed by atoms with Gasteiger partial charge in [0.05, 0.1) is 6.10 Å². The van der Waals surface area contributed by atoms with Crippen LogP contribution in [0, 0.1) is 11.3 Å². The first-order valence-electron chi connectivity index (χ1n) is 7.64. The molecule has 1 aromatic rings. The maximum absolute atomic E-state index is 5.92. The largest absolute Gasteiger partial charge is 0.377 e. The minimum atomic E-state index is 0.229. The molecule has 1 aliphatic heterocycles. The van der Waals surface area contributed by atoms with Crippen LogP contribution in [0.25, 0.3) is 0 Å². The number of nitrogens with one attached hydrogen (secondary N) is 1. The molecule has 0 spiro atoms. The van der Waals surface area contributed by atoms with Crippen LogP contribution in [0.15, 0.2) is 12.7 Å². The van der Waals surface area contributed by atoms with Gasteiger partial charge in [0.2, 0.25) is 0 Å². The Morgan fingerprint density at radius 1 is 1.45 bits per heavy atom. The fourth-order valence-corrected chi connectivity index (χ4v) is 2.93. The predicted octanol–water partition coefficient (Wildman–Crippen LogP) is 2.10. The van der Waals surface area contributed by atoms with E-state index in [1.807, 2.05) is 4.68 Å². The maximum atomic E-state index is 5.92. The monoisotopic (exact) mass is 280 g/mol. The number of ether oxygens (including phenoxy) is 1. The number of hydrogen-bond acceptors (Lipinski definition) is 4. The van der Waals surface area contributed by atoms with Crippen molar-refractivity contribution in [1.82, 2.24) is 20.1 Å². The molecule has 1 aromatic heterocycles. The van der Waals surface area contributed by atoms with E-state index >= 15 is 0 Å². The fraction of sp³-hybridized carbons (Fsp3) is 0.867. The quantitative estimate of drug-likeness (QED) is 0.867. The summed E-state index contributed by atoms with van der Waals surface area (Å²) in [6.07, 6.45) is 5.97. The summed E-state index contributed by atoms with van der Waals surface area (Å²) in [7, 11) is 0. The molecule has 0 amide bonds. The SMILES string of the molecule is C[C@@H](CCn1cncn1)NC[C@H]1CCO[C@@H]1C(C)(C)C. The van der Waals surface area contributed by atoms with Crippen LogP contribution in [0.5, 0.6) is 0 Å². The summed E-state index contributed by atoms with van der Waals surface area (Å²) in [5, 5.41) is 7.78. The van der Waals surface area contributed by atoms with Gasteiger partial charge in [0, 0.05) is 31.7 Å². The van der Waals surface area contributed by atoms with Gasteiger partial charge in [0.25, 0.3) is 0 Å². The third-order valence-corrected chi connectivity index (χ3v) is 4.05. The lowest BCUT2D eigenvalue weighted by Crippen LogP contribution is -2.39. The lowest BCUT2D eigenvalue weighted by atomic mass is 9.81. The van der Waals surface area contributed by atoms with Gasteiger partial charge in [-0.25, -0.2) is 4.98 Å². The van der Waals surface area contributed by atoms with Crippen molar-refractivity contribution in [2.24, 2.45) is 11.3 Å². The molecule has 0 unspecified atom stereocenters. The van der Waals surface area contributed by atoms with Crippen LogP contribution in [0.1, 0.15) is 40.5 Å². The zero-order valence-electron chi connectivity index (χ0n) is 13.2. The van der Waals surface area contributed by atoms with Gasteiger partial charge in [0.1, 0.15) is 12.7 Å². The molecular weight excluding hydrogens is 252 g/mol. The zero-order chi connectivity index (χ0) is 14.6. The van der Waals surface area contributed by atoms with Crippen molar-refractivity contribution in [3.63, 3.8) is 0 Å². The number of rotatable bonds is 6. The summed E-state index contributed by atoms with van der Waals surface area (Å²) < 4.78 is 7.80. The fourth-order valence-electron chi connectivity index (χ4n) is 2.93. The molecule has 0 radical (unpaired) electrons. The smallest absolute Gasteiger partial charge is 0.137 e. The number of hydrogen-bond donors (Lipinski definition) is 1. The Labute approximate surface area is 122 Å². The highest BCUT2D eigenvalue weighted by atomic mass is 16.5. The third-order valence-electron chi connectivity index (χ3n) is 4.05. The zero-order valence-corrected chi connectivity index (χ0v) is 13.2. The van der Waals surface area contributed by atoms with Crippen LogP contribution in [-0.4, -0.2) is 40.1 Å². The maximum Gasteiger partial charge on any atom is 0.137 e. The van der Waals surface area contributed by atoms with Crippen LogP contribution in [0.3, 0.4) is 0 Å². The molecule has 1 aliphatic rings. The van der Waals surface area contributed by atoms with Crippen molar-refractivity contribution >= 4 is 0 Å². The van der Waals surface area contributed by atoms with Gasteiger partial charge in [-0.15, -0.1) is 0 Å². The summed E-state index contributed by atoms with van der Waals surface area (Å²) in [5.41, 5.74) is 0.229. The van der Waals surface area contributed by atoms with Gasteiger partial charge in [-0.3, -0.25) is 4.68 Å². The highest BCUT2D eigenvalue weighted by Crippen LogP contribution is 2.34. The van der Waals surface area contributed by atoms with Crippen molar-refractivity contribution in [3.05, 3.63) is 12.7 Å². The van der Waals surface area contributed by atoms with Gasteiger partial charge in [0.15, 0.2) is 0 Å². The number of nitrogens with zero attached hydrogens (tertiary/aromatic N) is 3. The van der Waals surface area contributed by atoms with E-state index in [2.05, 4.69) is 43.1 Å². The second-order valence-electron chi connectivity index (χ2n) is 6.96. The van der Waals surface area contributed by atoms with E-state index in [0.717, 1.165) is 26.1 Å². The summed E-state index contributed by atoms with van der Waals surface area (Å²) in [6.45, 7) is 11.9. The Morgan fingerprint density at radius 2 is 2.25 bits per heavy atom. The number of aromatic nitrogens is 3. The Kier molecular flexibility index (Phi) is 5.16. The van der Waals surface area contributed by atoms with Crippen LogP contribution >= 0.6 is 0 Å². The van der Waals surface area contributed by atoms with Crippen molar-refractivity contribution in [3.8, 4) is 0 Å². The Balaban J connectivity index is 1.71. The van der Waals surface area contributed by atoms with Gasteiger partial charge in [-0.2, -0.15) is 5.10 Å². The van der Waals surface area contributed by atoms with E-state index in [-0.39, 0.29) is 5.41 Å². The van der Waals surface area contributed by atoms with Crippen molar-refractivity contribution in [2.75, 3.05) is 13.2 Å². The van der Waals surface area contributed by atoms with E-state index in [1.54, 1.807) is 12.7 Å². The highest BCUT2D eigenvalue weighted by molar-refractivity contribution is 4.87. The molecule has 1 fully saturated rings. The molecule has 5 nitrogen and oxygen atoms in total. The summed E-state index contributed by atoms with van der Waals surface area (Å²) >= 11 is 0. The molecule has 0 aromatic carbocycles. The van der Waals surface area contributed by atoms with Crippen molar-refractivity contribution in [2.45, 2.75) is 59.2 Å². The summed E-state index contributed by atoms with van der Waals surface area (Å²) in [5.74, 6) is 0.629. The summed E-state index contributed by atoms with van der Waals surface area (Å²) in [4.78, 5) is 3.96. The third kappa shape index (κ3) is 4.28. The summed E-state index contributed by atoms with van der Waals surface area (Å²) in [6, 6.07) is 0.486. The Bertz CT molecular complexity index is 385. The van der Waals surface area contributed by atoms with Gasteiger partial charge in [-0.05, 0) is 25.2 Å². The second kappa shape index (κ2) is 6.68. The van der Waals surface area contributed by atoms with Crippen molar-refractivity contribution in [1.29, 1.82) is 0 Å². The minimum Gasteiger partial charge on any atom is -0.377 e. The highest BCUT2D eigenvalue weighted by Gasteiger charge is 2.36. The molecule has 114 valence electrons.